The maximum Gasteiger partial charge on any atom is 0.179 e. The lowest BCUT2D eigenvalue weighted by molar-refractivity contribution is 0.297. The second-order valence-electron chi connectivity index (χ2n) is 3.49. The van der Waals surface area contributed by atoms with Crippen molar-refractivity contribution < 1.29 is 9.47 Å². The highest BCUT2D eigenvalue weighted by Crippen LogP contribution is 2.38. The van der Waals surface area contributed by atoms with E-state index in [1.54, 1.807) is 12.1 Å². The average Bonchev–Trinajstić information content (AvgIpc) is 2.53. The molecule has 0 saturated heterocycles. The third kappa shape index (κ3) is 2.06. The van der Waals surface area contributed by atoms with Crippen molar-refractivity contribution in [1.82, 2.24) is 0 Å². The largest absolute Gasteiger partial charge is 0.489 e. The van der Waals surface area contributed by atoms with Crippen LogP contribution in [0.15, 0.2) is 12.1 Å². The molecule has 5 heteroatoms. The Balaban J connectivity index is 2.44. The van der Waals surface area contributed by atoms with Crippen LogP contribution < -0.4 is 15.2 Å². The highest BCUT2D eigenvalue weighted by Gasteiger charge is 2.17. The van der Waals surface area contributed by atoms with Gasteiger partial charge in [0.25, 0.3) is 0 Å². The van der Waals surface area contributed by atoms with E-state index >= 15 is 0 Å². The third-order valence-corrected chi connectivity index (χ3v) is 2.60. The van der Waals surface area contributed by atoms with Crippen LogP contribution in [0.2, 0.25) is 5.02 Å². The maximum atomic E-state index is 8.75. The monoisotopic (exact) mass is 238 g/mol. The van der Waals surface area contributed by atoms with Crippen molar-refractivity contribution >= 4 is 11.6 Å². The Morgan fingerprint density at radius 2 is 2.12 bits per heavy atom. The Morgan fingerprint density at radius 1 is 1.38 bits per heavy atom. The second-order valence-corrected chi connectivity index (χ2v) is 3.89. The van der Waals surface area contributed by atoms with E-state index in [9.17, 15) is 0 Å². The van der Waals surface area contributed by atoms with Crippen molar-refractivity contribution in [1.29, 1.82) is 5.26 Å². The molecule has 1 aromatic rings. The van der Waals surface area contributed by atoms with E-state index in [0.717, 1.165) is 6.42 Å². The van der Waals surface area contributed by atoms with Crippen molar-refractivity contribution in [3.8, 4) is 17.6 Å². The van der Waals surface area contributed by atoms with Crippen LogP contribution in [-0.2, 0) is 0 Å². The number of hydrogen-bond donors (Lipinski definition) is 1. The minimum absolute atomic E-state index is 0.431. The van der Waals surface area contributed by atoms with E-state index in [0.29, 0.717) is 35.3 Å². The number of halogens is 1. The molecule has 0 spiro atoms. The summed E-state index contributed by atoms with van der Waals surface area (Å²) in [5, 5.41) is 9.18. The minimum atomic E-state index is -0.699. The van der Waals surface area contributed by atoms with Crippen LogP contribution in [0.25, 0.3) is 0 Å². The minimum Gasteiger partial charge on any atom is -0.489 e. The zero-order valence-electron chi connectivity index (χ0n) is 8.57. The van der Waals surface area contributed by atoms with E-state index in [1.165, 1.54) is 0 Å². The smallest absolute Gasteiger partial charge is 0.179 e. The SMILES string of the molecule is N#CC(N)c1cc(Cl)c2c(c1)OCCCO2. The summed E-state index contributed by atoms with van der Waals surface area (Å²) in [7, 11) is 0. The summed E-state index contributed by atoms with van der Waals surface area (Å²) < 4.78 is 11.0. The van der Waals surface area contributed by atoms with Gasteiger partial charge in [0.15, 0.2) is 11.5 Å². The Labute approximate surface area is 98.5 Å². The number of rotatable bonds is 1. The molecule has 4 nitrogen and oxygen atoms in total. The average molecular weight is 239 g/mol. The first kappa shape index (κ1) is 11.1. The fourth-order valence-electron chi connectivity index (χ4n) is 1.50. The Bertz CT molecular complexity index is 442. The van der Waals surface area contributed by atoms with Gasteiger partial charge in [-0.15, -0.1) is 0 Å². The normalized spacial score (nSPS) is 16.1. The van der Waals surface area contributed by atoms with Gasteiger partial charge in [-0.3, -0.25) is 0 Å². The molecule has 16 heavy (non-hydrogen) atoms. The first-order chi connectivity index (χ1) is 7.72. The molecule has 1 atom stereocenters. The van der Waals surface area contributed by atoms with Gasteiger partial charge < -0.3 is 15.2 Å². The van der Waals surface area contributed by atoms with Crippen LogP contribution in [0.5, 0.6) is 11.5 Å². The van der Waals surface area contributed by atoms with Crippen molar-refractivity contribution in [3.05, 3.63) is 22.7 Å². The molecule has 1 aliphatic heterocycles. The van der Waals surface area contributed by atoms with Gasteiger partial charge in [0.05, 0.1) is 24.3 Å². The lowest BCUT2D eigenvalue weighted by Gasteiger charge is -2.12. The van der Waals surface area contributed by atoms with Crippen LogP contribution >= 0.6 is 11.6 Å². The molecule has 0 bridgehead atoms. The maximum absolute atomic E-state index is 8.75. The van der Waals surface area contributed by atoms with Crippen molar-refractivity contribution in [3.63, 3.8) is 0 Å². The van der Waals surface area contributed by atoms with Gasteiger partial charge in [-0.05, 0) is 17.7 Å². The molecule has 0 aromatic heterocycles. The van der Waals surface area contributed by atoms with E-state index in [-0.39, 0.29) is 0 Å². The second kappa shape index (κ2) is 4.60. The molecule has 0 saturated carbocycles. The standard InChI is InChI=1S/C11H11ClN2O2/c12-8-4-7(9(14)6-13)5-10-11(8)16-3-1-2-15-10/h4-5,9H,1-3,14H2. The molecular weight excluding hydrogens is 228 g/mol. The third-order valence-electron chi connectivity index (χ3n) is 2.32. The number of nitrogens with zero attached hydrogens (tertiary/aromatic N) is 1. The Morgan fingerprint density at radius 3 is 2.88 bits per heavy atom. The Kier molecular flexibility index (Phi) is 3.18. The van der Waals surface area contributed by atoms with Gasteiger partial charge in [0.2, 0.25) is 0 Å². The number of hydrogen-bond acceptors (Lipinski definition) is 4. The fraction of sp³-hybridized carbons (Fsp3) is 0.364. The van der Waals surface area contributed by atoms with Crippen LogP contribution in [0.4, 0.5) is 0 Å². The summed E-state index contributed by atoms with van der Waals surface area (Å²) >= 11 is 6.05. The number of benzene rings is 1. The molecule has 1 heterocycles. The number of ether oxygens (including phenoxy) is 2. The highest BCUT2D eigenvalue weighted by atomic mass is 35.5. The first-order valence-electron chi connectivity index (χ1n) is 4.96. The molecule has 0 fully saturated rings. The summed E-state index contributed by atoms with van der Waals surface area (Å²) in [4.78, 5) is 0. The molecule has 2 N–H and O–H groups in total. The molecule has 84 valence electrons. The molecule has 2 rings (SSSR count). The summed E-state index contributed by atoms with van der Waals surface area (Å²) in [5.41, 5.74) is 6.26. The van der Waals surface area contributed by atoms with E-state index < -0.39 is 6.04 Å². The lowest BCUT2D eigenvalue weighted by atomic mass is 10.1. The Hall–Kier alpha value is -1.44. The summed E-state index contributed by atoms with van der Waals surface area (Å²) in [6.45, 7) is 1.16. The van der Waals surface area contributed by atoms with Gasteiger partial charge in [0.1, 0.15) is 6.04 Å². The summed E-state index contributed by atoms with van der Waals surface area (Å²) in [6.07, 6.45) is 0.810. The molecule has 1 aliphatic rings. The van der Waals surface area contributed by atoms with Gasteiger partial charge in [-0.2, -0.15) is 5.26 Å². The predicted octanol–water partition coefficient (Wildman–Crippen LogP) is 2.02. The van der Waals surface area contributed by atoms with Crippen LogP contribution in [0, 0.1) is 11.3 Å². The van der Waals surface area contributed by atoms with Gasteiger partial charge >= 0.3 is 0 Å². The fourth-order valence-corrected chi connectivity index (χ4v) is 1.78. The quantitative estimate of drug-likeness (QED) is 0.813. The lowest BCUT2D eigenvalue weighted by Crippen LogP contribution is -2.07. The van der Waals surface area contributed by atoms with Crippen molar-refractivity contribution in [2.75, 3.05) is 13.2 Å². The molecule has 1 unspecified atom stereocenters. The predicted molar refractivity (Wildman–Crippen MR) is 59.6 cm³/mol. The topological polar surface area (TPSA) is 68.3 Å². The molecule has 1 aromatic carbocycles. The zero-order valence-corrected chi connectivity index (χ0v) is 9.33. The molecule has 0 radical (unpaired) electrons. The first-order valence-corrected chi connectivity index (χ1v) is 5.34. The van der Waals surface area contributed by atoms with Crippen molar-refractivity contribution in [2.45, 2.75) is 12.5 Å². The number of fused-ring (bicyclic) bond motifs is 1. The van der Waals surface area contributed by atoms with Crippen molar-refractivity contribution in [2.24, 2.45) is 5.73 Å². The molecule has 0 aliphatic carbocycles. The zero-order chi connectivity index (χ0) is 11.5. The van der Waals surface area contributed by atoms with E-state index in [4.69, 9.17) is 32.1 Å². The molecule has 0 amide bonds. The molecular formula is C11H11ClN2O2. The highest BCUT2D eigenvalue weighted by molar-refractivity contribution is 6.32. The summed E-state index contributed by atoms with van der Waals surface area (Å²) in [6, 6.07) is 4.60. The van der Waals surface area contributed by atoms with Gasteiger partial charge in [-0.25, -0.2) is 0 Å². The van der Waals surface area contributed by atoms with Crippen LogP contribution in [0.1, 0.15) is 18.0 Å². The van der Waals surface area contributed by atoms with E-state index in [2.05, 4.69) is 0 Å². The number of nitrogens with two attached hydrogens (primary N) is 1. The van der Waals surface area contributed by atoms with Crippen LogP contribution in [0.3, 0.4) is 0 Å². The summed E-state index contributed by atoms with van der Waals surface area (Å²) in [5.74, 6) is 1.10. The van der Waals surface area contributed by atoms with E-state index in [1.807, 2.05) is 6.07 Å². The van der Waals surface area contributed by atoms with Gasteiger partial charge in [-0.1, -0.05) is 11.6 Å². The van der Waals surface area contributed by atoms with Crippen LogP contribution in [-0.4, -0.2) is 13.2 Å². The number of nitriles is 1. The van der Waals surface area contributed by atoms with Gasteiger partial charge in [0, 0.05) is 6.42 Å².